The van der Waals surface area contributed by atoms with Crippen LogP contribution >= 0.6 is 0 Å². The Hall–Kier alpha value is -2.88. The topological polar surface area (TPSA) is 63.6 Å². The Morgan fingerprint density at radius 3 is 2.18 bits per heavy atom. The Bertz CT molecular complexity index is 1030. The molecule has 0 saturated carbocycles. The summed E-state index contributed by atoms with van der Waals surface area (Å²) < 4.78 is 5.90. The molecule has 4 nitrogen and oxygen atoms in total. The fourth-order valence-corrected chi connectivity index (χ4v) is 4.79. The Morgan fingerprint density at radius 1 is 1.03 bits per heavy atom. The van der Waals surface area contributed by atoms with E-state index in [0.29, 0.717) is 36.2 Å². The maximum atomic E-state index is 14.3. The number of carbonyl (C=O) groups is 2. The lowest BCUT2D eigenvalue weighted by Gasteiger charge is -2.40. The molecule has 1 N–H and O–H groups in total. The second-order valence-corrected chi connectivity index (χ2v) is 9.61. The van der Waals surface area contributed by atoms with E-state index in [0.717, 1.165) is 30.4 Å². The average molecular weight is 465 g/mol. The normalized spacial score (nSPS) is 19.7. The molecule has 4 heteroatoms. The second-order valence-electron chi connectivity index (χ2n) is 9.61. The van der Waals surface area contributed by atoms with E-state index in [1.807, 2.05) is 19.9 Å². The highest BCUT2D eigenvalue weighted by Crippen LogP contribution is 2.50. The Balaban J connectivity index is 2.87. The van der Waals surface area contributed by atoms with Crippen LogP contribution in [0.4, 0.5) is 0 Å². The zero-order chi connectivity index (χ0) is 25.5. The van der Waals surface area contributed by atoms with Crippen LogP contribution in [-0.4, -0.2) is 23.8 Å². The summed E-state index contributed by atoms with van der Waals surface area (Å²) in [5.41, 5.74) is 3.36. The summed E-state index contributed by atoms with van der Waals surface area (Å²) in [6.45, 7) is 12.3. The summed E-state index contributed by atoms with van der Waals surface area (Å²) in [5, 5.41) is 11.2. The van der Waals surface area contributed by atoms with E-state index in [1.54, 1.807) is 31.4 Å². The van der Waals surface area contributed by atoms with Gasteiger partial charge in [0.15, 0.2) is 11.6 Å². The van der Waals surface area contributed by atoms with Crippen LogP contribution in [-0.2, 0) is 14.3 Å². The van der Waals surface area contributed by atoms with Crippen molar-refractivity contribution >= 4 is 17.3 Å². The molecule has 1 aromatic rings. The van der Waals surface area contributed by atoms with Gasteiger partial charge in [-0.05, 0) is 53.4 Å². The quantitative estimate of drug-likeness (QED) is 0.167. The number of hydrogen-bond acceptors (Lipinski definition) is 4. The third-order valence-electron chi connectivity index (χ3n) is 6.52. The van der Waals surface area contributed by atoms with Crippen molar-refractivity contribution in [2.45, 2.75) is 80.1 Å². The van der Waals surface area contributed by atoms with Gasteiger partial charge in [-0.25, -0.2) is 0 Å². The number of hydrogen-bond donors (Lipinski definition) is 1. The summed E-state index contributed by atoms with van der Waals surface area (Å²) >= 11 is 0. The highest BCUT2D eigenvalue weighted by molar-refractivity contribution is 6.33. The number of allylic oxidation sites excluding steroid dienone is 7. The van der Waals surface area contributed by atoms with Gasteiger partial charge < -0.3 is 9.84 Å². The molecule has 34 heavy (non-hydrogen) atoms. The van der Waals surface area contributed by atoms with Crippen molar-refractivity contribution in [1.82, 2.24) is 0 Å². The Morgan fingerprint density at radius 2 is 1.68 bits per heavy atom. The van der Waals surface area contributed by atoms with Crippen molar-refractivity contribution < 1.29 is 19.4 Å². The molecule has 1 aliphatic rings. The molecular formula is C30H40O4. The van der Waals surface area contributed by atoms with Crippen LogP contribution < -0.4 is 0 Å². The van der Waals surface area contributed by atoms with Gasteiger partial charge in [-0.15, -0.1) is 0 Å². The minimum atomic E-state index is -1.03. The largest absolute Gasteiger partial charge is 0.506 e. The number of aliphatic hydroxyl groups excluding tert-OH is 1. The van der Waals surface area contributed by atoms with E-state index in [9.17, 15) is 14.7 Å². The van der Waals surface area contributed by atoms with Gasteiger partial charge in [-0.1, -0.05) is 79.8 Å². The van der Waals surface area contributed by atoms with E-state index in [-0.39, 0.29) is 17.1 Å². The standard InChI is InChI=1S/C30H40O4/c1-8-13-24-27(32)25(26(31)22-14-11-10-12-15-22)28(33)30(18-9-2,29(24)34-7)19-23(21(5)6)17-16-20(3)4/h10-12,14-16,31H,8-9,13,17-19H2,1-7H3/b26-25-. The zero-order valence-electron chi connectivity index (χ0n) is 21.9. The molecule has 0 fully saturated rings. The number of carbonyl (C=O) groups excluding carboxylic acids is 2. The monoisotopic (exact) mass is 464 g/mol. The first-order valence-electron chi connectivity index (χ1n) is 12.3. The fraction of sp³-hybridized carbons (Fsp3) is 0.467. The van der Waals surface area contributed by atoms with E-state index < -0.39 is 11.2 Å². The lowest BCUT2D eigenvalue weighted by Crippen LogP contribution is -2.43. The Kier molecular flexibility index (Phi) is 9.66. The molecule has 0 aromatic heterocycles. The van der Waals surface area contributed by atoms with Gasteiger partial charge in [0.1, 0.15) is 17.1 Å². The molecule has 0 amide bonds. The maximum Gasteiger partial charge on any atom is 0.199 e. The minimum Gasteiger partial charge on any atom is -0.506 e. The molecule has 1 unspecified atom stereocenters. The maximum absolute atomic E-state index is 14.3. The van der Waals surface area contributed by atoms with Crippen molar-refractivity contribution in [3.8, 4) is 0 Å². The number of rotatable bonds is 10. The molecule has 1 aromatic carbocycles. The molecule has 184 valence electrons. The molecular weight excluding hydrogens is 424 g/mol. The van der Waals surface area contributed by atoms with Gasteiger partial charge in [0.25, 0.3) is 0 Å². The molecule has 0 radical (unpaired) electrons. The van der Waals surface area contributed by atoms with E-state index >= 15 is 0 Å². The van der Waals surface area contributed by atoms with Gasteiger partial charge in [-0.2, -0.15) is 0 Å². The van der Waals surface area contributed by atoms with Gasteiger partial charge in [0.2, 0.25) is 0 Å². The summed E-state index contributed by atoms with van der Waals surface area (Å²) in [7, 11) is 1.56. The number of ether oxygens (including phenoxy) is 1. The number of ketones is 2. The van der Waals surface area contributed by atoms with Crippen molar-refractivity contribution in [2.75, 3.05) is 7.11 Å². The van der Waals surface area contributed by atoms with E-state index in [4.69, 9.17) is 4.74 Å². The molecule has 0 spiro atoms. The number of Topliss-reactive ketones (excluding diaryl/α,β-unsaturated/α-hetero) is 2. The summed E-state index contributed by atoms with van der Waals surface area (Å²) in [6, 6.07) is 8.84. The Labute approximate surface area is 205 Å². The molecule has 0 heterocycles. The highest BCUT2D eigenvalue weighted by atomic mass is 16.5. The summed E-state index contributed by atoms with van der Waals surface area (Å²) in [4.78, 5) is 27.9. The number of methoxy groups -OCH3 is 1. The lowest BCUT2D eigenvalue weighted by atomic mass is 9.63. The predicted octanol–water partition coefficient (Wildman–Crippen LogP) is 7.68. The van der Waals surface area contributed by atoms with E-state index in [1.165, 1.54) is 5.57 Å². The van der Waals surface area contributed by atoms with Crippen LogP contribution in [0, 0.1) is 5.41 Å². The first-order valence-corrected chi connectivity index (χ1v) is 12.3. The predicted molar refractivity (Wildman–Crippen MR) is 139 cm³/mol. The van der Waals surface area contributed by atoms with Gasteiger partial charge in [0, 0.05) is 11.1 Å². The zero-order valence-corrected chi connectivity index (χ0v) is 21.9. The van der Waals surface area contributed by atoms with Crippen LogP contribution in [0.1, 0.15) is 85.6 Å². The van der Waals surface area contributed by atoms with Crippen molar-refractivity contribution in [3.05, 3.63) is 75.6 Å². The van der Waals surface area contributed by atoms with E-state index in [2.05, 4.69) is 33.8 Å². The van der Waals surface area contributed by atoms with Gasteiger partial charge in [0.05, 0.1) is 12.5 Å². The number of benzene rings is 1. The fourth-order valence-electron chi connectivity index (χ4n) is 4.79. The molecule has 2 rings (SSSR count). The van der Waals surface area contributed by atoms with Crippen LogP contribution in [0.3, 0.4) is 0 Å². The van der Waals surface area contributed by atoms with Crippen LogP contribution in [0.2, 0.25) is 0 Å². The summed E-state index contributed by atoms with van der Waals surface area (Å²) in [5.74, 6) is -0.525. The van der Waals surface area contributed by atoms with Crippen LogP contribution in [0.5, 0.6) is 0 Å². The number of aliphatic hydroxyl groups is 1. The van der Waals surface area contributed by atoms with Crippen molar-refractivity contribution in [3.63, 3.8) is 0 Å². The second kappa shape index (κ2) is 12.0. The van der Waals surface area contributed by atoms with Gasteiger partial charge >= 0.3 is 0 Å². The molecule has 0 aliphatic heterocycles. The first-order chi connectivity index (χ1) is 16.1. The van der Waals surface area contributed by atoms with Gasteiger partial charge in [-0.3, -0.25) is 9.59 Å². The van der Waals surface area contributed by atoms with Crippen LogP contribution in [0.25, 0.3) is 5.76 Å². The SMILES string of the molecule is CCCC1=C(OC)C(CCC)(CC(CC=C(C)C)=C(C)C)C(=O)/C(=C(\O)c2ccccc2)C1=O. The van der Waals surface area contributed by atoms with Crippen molar-refractivity contribution in [1.29, 1.82) is 0 Å². The lowest BCUT2D eigenvalue weighted by molar-refractivity contribution is -0.129. The smallest absolute Gasteiger partial charge is 0.199 e. The molecule has 1 atom stereocenters. The first kappa shape index (κ1) is 27.4. The third kappa shape index (κ3) is 5.60. The molecule has 0 saturated heterocycles. The average Bonchev–Trinajstić information content (AvgIpc) is 2.80. The van der Waals surface area contributed by atoms with Crippen LogP contribution in [0.15, 0.2) is 70.0 Å². The highest BCUT2D eigenvalue weighted by Gasteiger charge is 2.52. The third-order valence-corrected chi connectivity index (χ3v) is 6.52. The summed E-state index contributed by atoms with van der Waals surface area (Å²) in [6.07, 6.45) is 5.86. The molecule has 0 bridgehead atoms. The molecule has 1 aliphatic carbocycles. The minimum absolute atomic E-state index is 0.112. The van der Waals surface area contributed by atoms with Crippen molar-refractivity contribution in [2.24, 2.45) is 5.41 Å².